The molecule has 8 nitrogen and oxygen atoms in total. The normalized spacial score (nSPS) is 10.6. The summed E-state index contributed by atoms with van der Waals surface area (Å²) < 4.78 is 15.4. The van der Waals surface area contributed by atoms with Gasteiger partial charge in [-0.1, -0.05) is 12.1 Å². The van der Waals surface area contributed by atoms with Crippen molar-refractivity contribution in [3.05, 3.63) is 58.1 Å². The van der Waals surface area contributed by atoms with Crippen molar-refractivity contribution in [3.63, 3.8) is 0 Å². The van der Waals surface area contributed by atoms with Crippen LogP contribution in [0.3, 0.4) is 0 Å². The van der Waals surface area contributed by atoms with Crippen LogP contribution < -0.4 is 4.74 Å². The van der Waals surface area contributed by atoms with E-state index < -0.39 is 11.7 Å². The van der Waals surface area contributed by atoms with E-state index in [1.807, 2.05) is 0 Å². The maximum Gasteiger partial charge on any atom is 0.344 e. The maximum absolute atomic E-state index is 11.4. The van der Waals surface area contributed by atoms with Crippen molar-refractivity contribution in [1.29, 1.82) is 0 Å². The predicted octanol–water partition coefficient (Wildman–Crippen LogP) is 2.82. The van der Waals surface area contributed by atoms with Gasteiger partial charge in [0.1, 0.15) is 11.3 Å². The smallest absolute Gasteiger partial charge is 0.344 e. The van der Waals surface area contributed by atoms with E-state index in [2.05, 4.69) is 9.72 Å². The lowest BCUT2D eigenvalue weighted by Crippen LogP contribution is -2.07. The van der Waals surface area contributed by atoms with Gasteiger partial charge < -0.3 is 13.9 Å². The number of benzene rings is 2. The summed E-state index contributed by atoms with van der Waals surface area (Å²) in [6, 6.07) is 11.9. The summed E-state index contributed by atoms with van der Waals surface area (Å²) in [5, 5.41) is 10.4. The van der Waals surface area contributed by atoms with Gasteiger partial charge in [0, 0.05) is 5.56 Å². The lowest BCUT2D eigenvalue weighted by Gasteiger charge is -2.02. The highest BCUT2D eigenvalue weighted by Crippen LogP contribution is 2.27. The fraction of sp³-hybridized carbons (Fsp3) is 0.176. The number of hydrogen-bond acceptors (Lipinski definition) is 7. The summed E-state index contributed by atoms with van der Waals surface area (Å²) >= 11 is 0. The molecule has 128 valence electrons. The number of ether oxygens (including phenoxy) is 2. The molecular weight excluding hydrogens is 328 g/mol. The zero-order valence-electron chi connectivity index (χ0n) is 13.3. The van der Waals surface area contributed by atoms with E-state index in [1.165, 1.54) is 7.11 Å². The van der Waals surface area contributed by atoms with E-state index in [9.17, 15) is 14.9 Å². The first-order valence-electron chi connectivity index (χ1n) is 7.36. The number of nitro groups is 1. The lowest BCUT2D eigenvalue weighted by atomic mass is 10.1. The third-order valence-corrected chi connectivity index (χ3v) is 3.45. The molecule has 0 saturated heterocycles. The Morgan fingerprint density at radius 2 is 2.12 bits per heavy atom. The van der Waals surface area contributed by atoms with E-state index in [0.29, 0.717) is 28.3 Å². The van der Waals surface area contributed by atoms with Crippen molar-refractivity contribution in [2.75, 3.05) is 13.8 Å². The van der Waals surface area contributed by atoms with Gasteiger partial charge in [-0.25, -0.2) is 4.98 Å². The lowest BCUT2D eigenvalue weighted by molar-refractivity contribution is -0.514. The van der Waals surface area contributed by atoms with Crippen molar-refractivity contribution >= 4 is 17.1 Å². The summed E-state index contributed by atoms with van der Waals surface area (Å²) in [4.78, 5) is 25.6. The maximum atomic E-state index is 11.4. The third kappa shape index (κ3) is 3.92. The molecular formula is C17H14N2O6. The molecule has 3 rings (SSSR count). The standard InChI is InChI=1S/C17H14N2O6/c1-23-16(20)8-11-5-6-15-14(7-11)18-17(25-15)12-3-2-4-13(9-12)24-10-19(21)22/h2-7,9H,8,10H2,1H3. The summed E-state index contributed by atoms with van der Waals surface area (Å²) in [5.74, 6) is 0.373. The summed E-state index contributed by atoms with van der Waals surface area (Å²) in [6.07, 6.45) is 0.152. The molecule has 0 spiro atoms. The summed E-state index contributed by atoms with van der Waals surface area (Å²) in [7, 11) is 1.34. The average molecular weight is 342 g/mol. The molecule has 0 unspecified atom stereocenters. The second kappa shape index (κ2) is 7.00. The largest absolute Gasteiger partial charge is 0.469 e. The molecule has 0 bridgehead atoms. The molecule has 2 aromatic carbocycles. The molecule has 0 atom stereocenters. The van der Waals surface area contributed by atoms with E-state index >= 15 is 0 Å². The van der Waals surface area contributed by atoms with E-state index in [0.717, 1.165) is 5.56 Å². The van der Waals surface area contributed by atoms with Crippen LogP contribution in [0.15, 0.2) is 46.9 Å². The van der Waals surface area contributed by atoms with Gasteiger partial charge in [0.05, 0.1) is 18.5 Å². The number of aromatic nitrogens is 1. The fourth-order valence-electron chi connectivity index (χ4n) is 2.29. The van der Waals surface area contributed by atoms with E-state index in [1.54, 1.807) is 42.5 Å². The van der Waals surface area contributed by atoms with Gasteiger partial charge in [0.15, 0.2) is 5.58 Å². The Kier molecular flexibility index (Phi) is 4.60. The number of methoxy groups -OCH3 is 1. The monoisotopic (exact) mass is 342 g/mol. The number of rotatable bonds is 6. The number of esters is 1. The molecule has 25 heavy (non-hydrogen) atoms. The molecule has 3 aromatic rings. The van der Waals surface area contributed by atoms with Crippen LogP contribution in [0.25, 0.3) is 22.6 Å². The first-order valence-corrected chi connectivity index (χ1v) is 7.36. The van der Waals surface area contributed by atoms with Crippen LogP contribution in [0, 0.1) is 10.1 Å². The molecule has 0 amide bonds. The van der Waals surface area contributed by atoms with Crippen LogP contribution in [-0.4, -0.2) is 29.7 Å². The number of oxazole rings is 1. The zero-order chi connectivity index (χ0) is 17.8. The third-order valence-electron chi connectivity index (χ3n) is 3.45. The van der Waals surface area contributed by atoms with Crippen molar-refractivity contribution < 1.29 is 23.6 Å². The Morgan fingerprint density at radius 1 is 1.28 bits per heavy atom. The molecule has 8 heteroatoms. The van der Waals surface area contributed by atoms with Gasteiger partial charge >= 0.3 is 12.7 Å². The zero-order valence-corrected chi connectivity index (χ0v) is 13.3. The predicted molar refractivity (Wildman–Crippen MR) is 87.7 cm³/mol. The molecule has 0 aliphatic carbocycles. The fourth-order valence-corrected chi connectivity index (χ4v) is 2.29. The molecule has 0 saturated carbocycles. The number of carbonyl (C=O) groups is 1. The Morgan fingerprint density at radius 3 is 2.88 bits per heavy atom. The highest BCUT2D eigenvalue weighted by atomic mass is 16.7. The molecule has 1 heterocycles. The van der Waals surface area contributed by atoms with Crippen molar-refractivity contribution in [3.8, 4) is 17.2 Å². The summed E-state index contributed by atoms with van der Waals surface area (Å²) in [5.41, 5.74) is 2.57. The van der Waals surface area contributed by atoms with Gasteiger partial charge in [0.2, 0.25) is 5.89 Å². The number of hydrogen-bond donors (Lipinski definition) is 0. The van der Waals surface area contributed by atoms with Crippen LogP contribution in [-0.2, 0) is 16.0 Å². The van der Waals surface area contributed by atoms with Crippen LogP contribution in [0.2, 0.25) is 0 Å². The van der Waals surface area contributed by atoms with Crippen LogP contribution in [0.5, 0.6) is 5.75 Å². The quantitative estimate of drug-likeness (QED) is 0.293. The van der Waals surface area contributed by atoms with Gasteiger partial charge in [-0.2, -0.15) is 0 Å². The Labute approximate surface area is 142 Å². The van der Waals surface area contributed by atoms with Crippen molar-refractivity contribution in [2.45, 2.75) is 6.42 Å². The van der Waals surface area contributed by atoms with Crippen LogP contribution in [0.4, 0.5) is 0 Å². The van der Waals surface area contributed by atoms with E-state index in [4.69, 9.17) is 9.15 Å². The highest BCUT2D eigenvalue weighted by Gasteiger charge is 2.11. The van der Waals surface area contributed by atoms with E-state index in [-0.39, 0.29) is 12.4 Å². The number of fused-ring (bicyclic) bond motifs is 1. The summed E-state index contributed by atoms with van der Waals surface area (Å²) in [6.45, 7) is -0.617. The van der Waals surface area contributed by atoms with Crippen molar-refractivity contribution in [2.24, 2.45) is 0 Å². The van der Waals surface area contributed by atoms with Crippen molar-refractivity contribution in [1.82, 2.24) is 4.98 Å². The Bertz CT molecular complexity index is 934. The van der Waals surface area contributed by atoms with Crippen LogP contribution in [0.1, 0.15) is 5.56 Å². The SMILES string of the molecule is COC(=O)Cc1ccc2oc(-c3cccc(OC[N+](=O)[O-])c3)nc2c1. The molecule has 0 aliphatic heterocycles. The minimum absolute atomic E-state index is 0.152. The molecule has 1 aromatic heterocycles. The van der Waals surface area contributed by atoms with Gasteiger partial charge in [-0.05, 0) is 35.9 Å². The number of nitrogens with zero attached hydrogens (tertiary/aromatic N) is 2. The van der Waals surface area contributed by atoms with Gasteiger partial charge in [0.25, 0.3) is 0 Å². The average Bonchev–Trinajstić information content (AvgIpc) is 3.03. The molecule has 0 aliphatic rings. The Balaban J connectivity index is 1.87. The van der Waals surface area contributed by atoms with Gasteiger partial charge in [-0.3, -0.25) is 14.9 Å². The highest BCUT2D eigenvalue weighted by molar-refractivity contribution is 5.79. The Hall–Kier alpha value is -3.42. The second-order valence-corrected chi connectivity index (χ2v) is 5.21. The number of carbonyl (C=O) groups excluding carboxylic acids is 1. The second-order valence-electron chi connectivity index (χ2n) is 5.21. The molecule has 0 N–H and O–H groups in total. The molecule has 0 fully saturated rings. The minimum Gasteiger partial charge on any atom is -0.469 e. The minimum atomic E-state index is -0.617. The molecule has 0 radical (unpaired) electrons. The first kappa shape index (κ1) is 16.4. The topological polar surface area (TPSA) is 105 Å². The van der Waals surface area contributed by atoms with Crippen LogP contribution >= 0.6 is 0 Å². The van der Waals surface area contributed by atoms with Gasteiger partial charge in [-0.15, -0.1) is 0 Å². The first-order chi connectivity index (χ1) is 12.0.